The van der Waals surface area contributed by atoms with Crippen molar-refractivity contribution in [2.24, 2.45) is 0 Å². The molecule has 0 spiro atoms. The highest BCUT2D eigenvalue weighted by Gasteiger charge is 2.31. The van der Waals surface area contributed by atoms with Crippen molar-refractivity contribution in [1.29, 1.82) is 0 Å². The maximum absolute atomic E-state index is 12.9. The van der Waals surface area contributed by atoms with Gasteiger partial charge in [-0.2, -0.15) is 13.2 Å². The Bertz CT molecular complexity index is 1250. The second kappa shape index (κ2) is 11.5. The zero-order valence-electron chi connectivity index (χ0n) is 17.9. The van der Waals surface area contributed by atoms with Crippen LogP contribution in [0, 0.1) is 0 Å². The van der Waals surface area contributed by atoms with E-state index in [4.69, 9.17) is 34.8 Å². The number of amides is 2. The summed E-state index contributed by atoms with van der Waals surface area (Å²) >= 11 is 18.8. The first kappa shape index (κ1) is 27.1. The predicted octanol–water partition coefficient (Wildman–Crippen LogP) is 6.19. The van der Waals surface area contributed by atoms with Crippen LogP contribution >= 0.6 is 46.6 Å². The molecule has 3 aromatic rings. The highest BCUT2D eigenvalue weighted by atomic mass is 35.5. The number of alkyl halides is 3. The summed E-state index contributed by atoms with van der Waals surface area (Å²) in [5.74, 6) is -0.742. The third kappa shape index (κ3) is 7.26. The lowest BCUT2D eigenvalue weighted by molar-refractivity contribution is -0.137. The molecule has 0 aliphatic rings. The number of nitrogens with zero attached hydrogens (tertiary/aromatic N) is 3. The van der Waals surface area contributed by atoms with E-state index < -0.39 is 17.6 Å². The topological polar surface area (TPSA) is 88.9 Å². The van der Waals surface area contributed by atoms with Gasteiger partial charge in [0.1, 0.15) is 5.82 Å². The van der Waals surface area contributed by atoms with Crippen molar-refractivity contribution in [2.45, 2.75) is 31.2 Å². The molecule has 2 N–H and O–H groups in total. The fourth-order valence-corrected chi connectivity index (χ4v) is 4.19. The lowest BCUT2D eigenvalue weighted by Gasteiger charge is -2.12. The standard InChI is InChI=1S/C21H17Cl3F3N5O2S/c1-2-32-17(9-18(33)28-12-4-6-13(22)15(24)8-12)30-31-20(32)35-10-19(34)29-16-7-11(21(25,26)27)3-5-14(16)23/h3-8H,2,9-10H2,1H3,(H,28,33)(H,29,34). The number of aromatic nitrogens is 3. The van der Waals surface area contributed by atoms with Crippen molar-refractivity contribution >= 4 is 69.8 Å². The quantitative estimate of drug-likeness (QED) is 0.318. The smallest absolute Gasteiger partial charge is 0.326 e. The summed E-state index contributed by atoms with van der Waals surface area (Å²) in [5.41, 5.74) is -0.616. The van der Waals surface area contributed by atoms with Gasteiger partial charge in [0.25, 0.3) is 0 Å². The Kier molecular flexibility index (Phi) is 8.92. The lowest BCUT2D eigenvalue weighted by atomic mass is 10.2. The van der Waals surface area contributed by atoms with Gasteiger partial charge in [0, 0.05) is 12.2 Å². The van der Waals surface area contributed by atoms with Gasteiger partial charge in [-0.15, -0.1) is 10.2 Å². The summed E-state index contributed by atoms with van der Waals surface area (Å²) in [7, 11) is 0. The third-order valence-corrected chi connectivity index (χ3v) is 6.57. The van der Waals surface area contributed by atoms with Crippen molar-refractivity contribution in [3.8, 4) is 0 Å². The molecule has 0 aliphatic heterocycles. The van der Waals surface area contributed by atoms with Gasteiger partial charge >= 0.3 is 6.18 Å². The van der Waals surface area contributed by atoms with Crippen LogP contribution in [0.2, 0.25) is 15.1 Å². The summed E-state index contributed by atoms with van der Waals surface area (Å²) in [4.78, 5) is 24.7. The van der Waals surface area contributed by atoms with Crippen LogP contribution in [0.3, 0.4) is 0 Å². The fraction of sp³-hybridized carbons (Fsp3) is 0.238. The Morgan fingerprint density at radius 2 is 1.69 bits per heavy atom. The van der Waals surface area contributed by atoms with Gasteiger partial charge in [0.05, 0.1) is 38.5 Å². The molecule has 14 heteroatoms. The molecule has 7 nitrogen and oxygen atoms in total. The van der Waals surface area contributed by atoms with Crippen LogP contribution in [0.4, 0.5) is 24.5 Å². The number of nitrogens with one attached hydrogen (secondary N) is 2. The van der Waals surface area contributed by atoms with Crippen molar-refractivity contribution < 1.29 is 22.8 Å². The van der Waals surface area contributed by atoms with Gasteiger partial charge in [0.15, 0.2) is 5.16 Å². The van der Waals surface area contributed by atoms with Gasteiger partial charge in [-0.1, -0.05) is 46.6 Å². The SMILES string of the molecule is CCn1c(CC(=O)Nc2ccc(Cl)c(Cl)c2)nnc1SCC(=O)Nc1cc(C(F)(F)F)ccc1Cl. The maximum Gasteiger partial charge on any atom is 0.416 e. The number of benzene rings is 2. The largest absolute Gasteiger partial charge is 0.416 e. The molecule has 1 heterocycles. The number of rotatable bonds is 8. The van der Waals surface area contributed by atoms with E-state index in [9.17, 15) is 22.8 Å². The Morgan fingerprint density at radius 1 is 0.971 bits per heavy atom. The van der Waals surface area contributed by atoms with Crippen LogP contribution in [-0.4, -0.2) is 32.3 Å². The summed E-state index contributed by atoms with van der Waals surface area (Å²) in [6.45, 7) is 2.24. The highest BCUT2D eigenvalue weighted by Crippen LogP contribution is 2.34. The molecule has 0 saturated carbocycles. The maximum atomic E-state index is 12.9. The minimum atomic E-state index is -4.57. The van der Waals surface area contributed by atoms with Gasteiger partial charge in [-0.3, -0.25) is 9.59 Å². The van der Waals surface area contributed by atoms with E-state index in [1.807, 2.05) is 6.92 Å². The molecule has 2 amide bonds. The van der Waals surface area contributed by atoms with E-state index in [1.54, 1.807) is 16.7 Å². The predicted molar refractivity (Wildman–Crippen MR) is 130 cm³/mol. The Balaban J connectivity index is 1.61. The van der Waals surface area contributed by atoms with E-state index >= 15 is 0 Å². The van der Waals surface area contributed by atoms with Crippen LogP contribution in [0.1, 0.15) is 18.3 Å². The van der Waals surface area contributed by atoms with Crippen molar-refractivity contribution in [3.05, 3.63) is 62.9 Å². The molecule has 0 fully saturated rings. The zero-order valence-corrected chi connectivity index (χ0v) is 21.0. The van der Waals surface area contributed by atoms with Crippen LogP contribution < -0.4 is 10.6 Å². The third-order valence-electron chi connectivity index (χ3n) is 4.53. The van der Waals surface area contributed by atoms with Crippen molar-refractivity contribution in [2.75, 3.05) is 16.4 Å². The monoisotopic (exact) mass is 565 g/mol. The number of halogens is 6. The van der Waals surface area contributed by atoms with Crippen molar-refractivity contribution in [1.82, 2.24) is 14.8 Å². The Labute approximate surface area is 217 Å². The summed E-state index contributed by atoms with van der Waals surface area (Å²) < 4.78 is 40.4. The lowest BCUT2D eigenvalue weighted by Crippen LogP contribution is -2.18. The Hall–Kier alpha value is -2.47. The van der Waals surface area contributed by atoms with Crippen LogP contribution in [0.25, 0.3) is 0 Å². The van der Waals surface area contributed by atoms with Crippen LogP contribution in [0.5, 0.6) is 0 Å². The van der Waals surface area contributed by atoms with E-state index in [0.29, 0.717) is 33.3 Å². The first-order valence-electron chi connectivity index (χ1n) is 9.94. The molecule has 0 bridgehead atoms. The number of thioether (sulfide) groups is 1. The van der Waals surface area contributed by atoms with E-state index in [-0.39, 0.29) is 28.8 Å². The second-order valence-corrected chi connectivity index (χ2v) is 9.19. The Morgan fingerprint density at radius 3 is 2.34 bits per heavy atom. The molecule has 3 rings (SSSR count). The number of carbonyl (C=O) groups is 2. The number of hydrogen-bond acceptors (Lipinski definition) is 5. The first-order chi connectivity index (χ1) is 16.5. The summed E-state index contributed by atoms with van der Waals surface area (Å²) in [6, 6.07) is 7.34. The molecule has 0 unspecified atom stereocenters. The average Bonchev–Trinajstić information content (AvgIpc) is 3.16. The second-order valence-electron chi connectivity index (χ2n) is 7.03. The number of hydrogen-bond donors (Lipinski definition) is 2. The molecule has 0 aliphatic carbocycles. The number of anilines is 2. The minimum absolute atomic E-state index is 0.0247. The molecule has 2 aromatic carbocycles. The van der Waals surface area contributed by atoms with Crippen LogP contribution in [0.15, 0.2) is 41.6 Å². The van der Waals surface area contributed by atoms with Gasteiger partial charge in [-0.05, 0) is 43.3 Å². The van der Waals surface area contributed by atoms with Gasteiger partial charge in [-0.25, -0.2) is 0 Å². The molecule has 35 heavy (non-hydrogen) atoms. The molecule has 1 aromatic heterocycles. The molecule has 0 saturated heterocycles. The van der Waals surface area contributed by atoms with E-state index in [1.165, 1.54) is 6.07 Å². The normalized spacial score (nSPS) is 11.4. The highest BCUT2D eigenvalue weighted by molar-refractivity contribution is 7.99. The molecular weight excluding hydrogens is 550 g/mol. The summed E-state index contributed by atoms with van der Waals surface area (Å²) in [6.07, 6.45) is -4.66. The fourth-order valence-electron chi connectivity index (χ4n) is 2.91. The number of carbonyl (C=O) groups excluding carboxylic acids is 2. The molecule has 0 atom stereocenters. The van der Waals surface area contributed by atoms with Gasteiger partial charge < -0.3 is 15.2 Å². The van der Waals surface area contributed by atoms with Crippen molar-refractivity contribution in [3.63, 3.8) is 0 Å². The first-order valence-corrected chi connectivity index (χ1v) is 12.1. The summed E-state index contributed by atoms with van der Waals surface area (Å²) in [5, 5.41) is 14.1. The molecular formula is C21H17Cl3F3N5O2S. The molecule has 0 radical (unpaired) electrons. The van der Waals surface area contributed by atoms with Gasteiger partial charge in [0.2, 0.25) is 11.8 Å². The minimum Gasteiger partial charge on any atom is -0.326 e. The molecule has 186 valence electrons. The van der Waals surface area contributed by atoms with Crippen LogP contribution in [-0.2, 0) is 28.7 Å². The van der Waals surface area contributed by atoms with E-state index in [0.717, 1.165) is 30.0 Å². The van der Waals surface area contributed by atoms with E-state index in [2.05, 4.69) is 20.8 Å². The zero-order chi connectivity index (χ0) is 25.8. The average molecular weight is 567 g/mol.